The summed E-state index contributed by atoms with van der Waals surface area (Å²) in [7, 11) is 0. The number of carbonyl (C=O) groups is 2. The molecule has 3 aromatic rings. The molecule has 1 aromatic heterocycles. The SMILES string of the molecule is CCOC(=O)C1=C(C)N=c2s/c(=C/c3cc(Cl)c(OCC(=O)O)c(Cl)c3)c(=O)n2[C@H]1c1ccccc1Cl. The number of rotatable bonds is 7. The summed E-state index contributed by atoms with van der Waals surface area (Å²) in [6.07, 6.45) is 1.58. The van der Waals surface area contributed by atoms with E-state index in [1.807, 2.05) is 0 Å². The molecule has 8 nitrogen and oxygen atoms in total. The number of carbonyl (C=O) groups excluding carboxylic acids is 1. The Bertz CT molecular complexity index is 1600. The number of carboxylic acid groups (broad SMARTS) is 1. The predicted octanol–water partition coefficient (Wildman–Crippen LogP) is 4.22. The van der Waals surface area contributed by atoms with Crippen LogP contribution in [0.1, 0.15) is 31.0 Å². The largest absolute Gasteiger partial charge is 0.479 e. The number of fused-ring (bicyclic) bond motifs is 1. The van der Waals surface area contributed by atoms with E-state index < -0.39 is 30.1 Å². The molecule has 0 radical (unpaired) electrons. The quantitative estimate of drug-likeness (QED) is 0.419. The summed E-state index contributed by atoms with van der Waals surface area (Å²) >= 11 is 20.1. The monoisotopic (exact) mass is 580 g/mol. The maximum Gasteiger partial charge on any atom is 0.341 e. The first kappa shape index (κ1) is 26.9. The summed E-state index contributed by atoms with van der Waals surface area (Å²) in [5.41, 5.74) is 1.28. The first-order valence-corrected chi connectivity index (χ1v) is 12.8. The molecule has 192 valence electrons. The lowest BCUT2D eigenvalue weighted by Crippen LogP contribution is -2.40. The molecule has 0 amide bonds. The van der Waals surface area contributed by atoms with Crippen LogP contribution in [-0.2, 0) is 14.3 Å². The van der Waals surface area contributed by atoms with E-state index in [0.717, 1.165) is 11.3 Å². The van der Waals surface area contributed by atoms with Crippen LogP contribution < -0.4 is 19.6 Å². The molecule has 2 heterocycles. The number of ether oxygens (including phenoxy) is 2. The number of thiazole rings is 1. The molecule has 0 spiro atoms. The van der Waals surface area contributed by atoms with Gasteiger partial charge in [-0.15, -0.1) is 0 Å². The Balaban J connectivity index is 1.88. The fourth-order valence-corrected chi connectivity index (χ4v) is 5.77. The van der Waals surface area contributed by atoms with Gasteiger partial charge in [-0.05, 0) is 49.2 Å². The molecule has 4 rings (SSSR count). The first-order valence-electron chi connectivity index (χ1n) is 10.9. The third-order valence-corrected chi connectivity index (χ3v) is 7.26. The molecule has 0 aliphatic carbocycles. The topological polar surface area (TPSA) is 107 Å². The third kappa shape index (κ3) is 5.45. The summed E-state index contributed by atoms with van der Waals surface area (Å²) in [6, 6.07) is 9.12. The molecule has 0 unspecified atom stereocenters. The highest BCUT2D eigenvalue weighted by molar-refractivity contribution is 7.07. The maximum atomic E-state index is 13.7. The lowest BCUT2D eigenvalue weighted by molar-refractivity contribution is -0.140. The second kappa shape index (κ2) is 11.1. The molecular formula is C25H19Cl3N2O6S. The molecule has 0 fully saturated rings. The van der Waals surface area contributed by atoms with Crippen LogP contribution in [0.4, 0.5) is 0 Å². The molecule has 1 N–H and O–H groups in total. The number of aromatic nitrogens is 1. The lowest BCUT2D eigenvalue weighted by atomic mass is 9.96. The average Bonchev–Trinajstić information content (AvgIpc) is 3.12. The number of hydrogen-bond acceptors (Lipinski definition) is 7. The zero-order valence-corrected chi connectivity index (χ0v) is 22.5. The molecule has 0 saturated heterocycles. The van der Waals surface area contributed by atoms with Gasteiger partial charge in [0, 0.05) is 5.02 Å². The highest BCUT2D eigenvalue weighted by atomic mass is 35.5. The van der Waals surface area contributed by atoms with E-state index >= 15 is 0 Å². The Morgan fingerprint density at radius 2 is 1.84 bits per heavy atom. The standard InChI is InChI=1S/C25H19Cl3N2O6S/c1-3-35-24(34)20-12(2)29-25-30(21(20)14-6-4-5-7-15(14)26)23(33)18(37-25)10-13-8-16(27)22(17(28)9-13)36-11-19(31)32/h4-10,21H,3,11H2,1-2H3,(H,31,32)/b18-10+/t21-/m0/s1. The van der Waals surface area contributed by atoms with Gasteiger partial charge in [0.1, 0.15) is 6.04 Å². The molecule has 1 atom stereocenters. The number of allylic oxidation sites excluding steroid dienone is 1. The highest BCUT2D eigenvalue weighted by Crippen LogP contribution is 2.35. The van der Waals surface area contributed by atoms with Crippen molar-refractivity contribution in [2.75, 3.05) is 13.2 Å². The number of aliphatic carboxylic acids is 1. The summed E-state index contributed by atoms with van der Waals surface area (Å²) < 4.78 is 12.1. The highest BCUT2D eigenvalue weighted by Gasteiger charge is 2.34. The van der Waals surface area contributed by atoms with Gasteiger partial charge in [0.25, 0.3) is 5.56 Å². The molecule has 1 aliphatic rings. The third-order valence-electron chi connectivity index (χ3n) is 5.38. The van der Waals surface area contributed by atoms with Crippen LogP contribution in [0.5, 0.6) is 5.75 Å². The van der Waals surface area contributed by atoms with Gasteiger partial charge in [0.05, 0.1) is 32.5 Å². The van der Waals surface area contributed by atoms with E-state index in [1.165, 1.54) is 16.7 Å². The number of carboxylic acids is 1. The summed E-state index contributed by atoms with van der Waals surface area (Å²) in [6.45, 7) is 2.93. The number of halogens is 3. The minimum absolute atomic E-state index is 0.0257. The van der Waals surface area contributed by atoms with Crippen molar-refractivity contribution in [2.45, 2.75) is 19.9 Å². The van der Waals surface area contributed by atoms with Crippen LogP contribution in [0.3, 0.4) is 0 Å². The fourth-order valence-electron chi connectivity index (χ4n) is 3.87. The predicted molar refractivity (Wildman–Crippen MR) is 141 cm³/mol. The Morgan fingerprint density at radius 3 is 2.46 bits per heavy atom. The Kier molecular flexibility index (Phi) is 8.08. The van der Waals surface area contributed by atoms with Crippen LogP contribution >= 0.6 is 46.1 Å². The van der Waals surface area contributed by atoms with Gasteiger partial charge >= 0.3 is 11.9 Å². The number of hydrogen-bond donors (Lipinski definition) is 1. The second-order valence-electron chi connectivity index (χ2n) is 7.82. The lowest BCUT2D eigenvalue weighted by Gasteiger charge is -2.25. The van der Waals surface area contributed by atoms with Gasteiger partial charge in [0.15, 0.2) is 17.2 Å². The van der Waals surface area contributed by atoms with Crippen LogP contribution in [0.25, 0.3) is 6.08 Å². The van der Waals surface area contributed by atoms with E-state index in [4.69, 9.17) is 49.4 Å². The summed E-state index contributed by atoms with van der Waals surface area (Å²) in [5.74, 6) is -1.74. The summed E-state index contributed by atoms with van der Waals surface area (Å²) in [5, 5.41) is 9.39. The number of nitrogens with zero attached hydrogens (tertiary/aromatic N) is 2. The molecule has 0 saturated carbocycles. The Hall–Kier alpha value is -3.11. The van der Waals surface area contributed by atoms with Crippen molar-refractivity contribution in [2.24, 2.45) is 4.99 Å². The molecule has 37 heavy (non-hydrogen) atoms. The minimum Gasteiger partial charge on any atom is -0.479 e. The van der Waals surface area contributed by atoms with Gasteiger partial charge in [-0.1, -0.05) is 64.3 Å². The van der Waals surface area contributed by atoms with Crippen LogP contribution in [0, 0.1) is 0 Å². The van der Waals surface area contributed by atoms with Crippen molar-refractivity contribution in [3.05, 3.63) is 93.6 Å². The van der Waals surface area contributed by atoms with Crippen molar-refractivity contribution in [3.8, 4) is 5.75 Å². The smallest absolute Gasteiger partial charge is 0.341 e. The van der Waals surface area contributed by atoms with Crippen LogP contribution in [-0.4, -0.2) is 34.8 Å². The average molecular weight is 582 g/mol. The molecule has 0 bridgehead atoms. The van der Waals surface area contributed by atoms with Crippen LogP contribution in [0.15, 0.2) is 57.5 Å². The zero-order chi connectivity index (χ0) is 26.9. The van der Waals surface area contributed by atoms with Crippen molar-refractivity contribution in [3.63, 3.8) is 0 Å². The van der Waals surface area contributed by atoms with Crippen molar-refractivity contribution in [1.82, 2.24) is 4.57 Å². The first-order chi connectivity index (χ1) is 17.6. The fraction of sp³-hybridized carbons (Fsp3) is 0.200. The van der Waals surface area contributed by atoms with E-state index in [9.17, 15) is 14.4 Å². The number of benzene rings is 2. The second-order valence-corrected chi connectivity index (χ2v) is 10.1. The minimum atomic E-state index is -1.18. The number of esters is 1. The van der Waals surface area contributed by atoms with Gasteiger partial charge in [-0.2, -0.15) is 0 Å². The van der Waals surface area contributed by atoms with E-state index in [2.05, 4.69) is 4.99 Å². The summed E-state index contributed by atoms with van der Waals surface area (Å²) in [4.78, 5) is 42.3. The molecule has 2 aromatic carbocycles. The molecular weight excluding hydrogens is 563 g/mol. The van der Waals surface area contributed by atoms with E-state index in [0.29, 0.717) is 31.2 Å². The maximum absolute atomic E-state index is 13.7. The van der Waals surface area contributed by atoms with Gasteiger partial charge < -0.3 is 14.6 Å². The van der Waals surface area contributed by atoms with Crippen molar-refractivity contribution in [1.29, 1.82) is 0 Å². The Morgan fingerprint density at radius 1 is 1.16 bits per heavy atom. The van der Waals surface area contributed by atoms with Gasteiger partial charge in [0.2, 0.25) is 0 Å². The van der Waals surface area contributed by atoms with Gasteiger partial charge in [-0.3, -0.25) is 9.36 Å². The van der Waals surface area contributed by atoms with Gasteiger partial charge in [-0.25, -0.2) is 14.6 Å². The van der Waals surface area contributed by atoms with E-state index in [1.54, 1.807) is 44.2 Å². The Labute approximate surface area is 229 Å². The van der Waals surface area contributed by atoms with E-state index in [-0.39, 0.29) is 28.0 Å². The van der Waals surface area contributed by atoms with Crippen molar-refractivity contribution < 1.29 is 24.2 Å². The van der Waals surface area contributed by atoms with Crippen LogP contribution in [0.2, 0.25) is 15.1 Å². The molecule has 1 aliphatic heterocycles. The zero-order valence-electron chi connectivity index (χ0n) is 19.5. The van der Waals surface area contributed by atoms with Crippen molar-refractivity contribution >= 4 is 64.2 Å². The molecule has 12 heteroatoms. The normalized spacial score (nSPS) is 15.3.